The summed E-state index contributed by atoms with van der Waals surface area (Å²) >= 11 is 0. The lowest BCUT2D eigenvalue weighted by atomic mass is 10.0. The molecule has 0 bridgehead atoms. The van der Waals surface area contributed by atoms with Gasteiger partial charge in [-0.3, -0.25) is 9.98 Å². The van der Waals surface area contributed by atoms with Crippen LogP contribution in [-0.4, -0.2) is 55.6 Å². The average molecular weight is 429 g/mol. The number of hydrogen-bond acceptors (Lipinski definition) is 5. The lowest BCUT2D eigenvalue weighted by Gasteiger charge is -2.13. The van der Waals surface area contributed by atoms with Crippen LogP contribution in [0.15, 0.2) is 22.1 Å². The second-order valence-electron chi connectivity index (χ2n) is 7.68. The van der Waals surface area contributed by atoms with Crippen LogP contribution < -0.4 is 4.74 Å². The van der Waals surface area contributed by atoms with Crippen molar-refractivity contribution in [2.24, 2.45) is 9.98 Å². The van der Waals surface area contributed by atoms with E-state index in [2.05, 4.69) is 22.8 Å². The number of nitrogens with zero attached hydrogens (tertiary/aromatic N) is 2. The van der Waals surface area contributed by atoms with Gasteiger partial charge in [-0.15, -0.1) is 6.42 Å². The van der Waals surface area contributed by atoms with Crippen molar-refractivity contribution < 1.29 is 14.9 Å². The Morgan fingerprint density at radius 3 is 1.77 bits per heavy atom. The summed E-state index contributed by atoms with van der Waals surface area (Å²) in [6.45, 7) is 3.50. The normalized spacial score (nSPS) is 11.4. The van der Waals surface area contributed by atoms with E-state index in [-0.39, 0.29) is 13.2 Å². The van der Waals surface area contributed by atoms with Gasteiger partial charge in [-0.05, 0) is 18.6 Å². The fourth-order valence-electron chi connectivity index (χ4n) is 3.32. The summed E-state index contributed by atoms with van der Waals surface area (Å²) in [5, 5.41) is 18.0. The van der Waals surface area contributed by atoms with E-state index in [1.807, 2.05) is 12.1 Å². The summed E-state index contributed by atoms with van der Waals surface area (Å²) in [6, 6.07) is 3.72. The Morgan fingerprint density at radius 2 is 1.32 bits per heavy atom. The van der Waals surface area contributed by atoms with Gasteiger partial charge in [0.05, 0.1) is 32.9 Å². The summed E-state index contributed by atoms with van der Waals surface area (Å²) in [6.07, 6.45) is 21.7. The van der Waals surface area contributed by atoms with E-state index >= 15 is 0 Å². The fourth-order valence-corrected chi connectivity index (χ4v) is 3.32. The maximum Gasteiger partial charge on any atom is 0.136 e. The van der Waals surface area contributed by atoms with E-state index < -0.39 is 0 Å². The summed E-state index contributed by atoms with van der Waals surface area (Å²) in [7, 11) is 0. The van der Waals surface area contributed by atoms with Gasteiger partial charge in [-0.25, -0.2) is 0 Å². The predicted octanol–water partition coefficient (Wildman–Crippen LogP) is 4.79. The SMILES string of the molecule is C#Cc1cc(C=NCCO)c(OCCCCCCCCCCCC)c(C=NCCO)c1. The third-order valence-corrected chi connectivity index (χ3v) is 4.98. The molecule has 0 aromatic heterocycles. The molecule has 0 saturated heterocycles. The molecule has 0 aliphatic carbocycles. The number of aliphatic hydroxyl groups excluding tert-OH is 2. The summed E-state index contributed by atoms with van der Waals surface area (Å²) in [5.41, 5.74) is 2.27. The Hall–Kier alpha value is -2.16. The maximum absolute atomic E-state index is 9.01. The molecule has 31 heavy (non-hydrogen) atoms. The first-order valence-electron chi connectivity index (χ1n) is 11.8. The smallest absolute Gasteiger partial charge is 0.136 e. The minimum absolute atomic E-state index is 0.00899. The summed E-state index contributed by atoms with van der Waals surface area (Å²) in [4.78, 5) is 8.46. The molecule has 0 amide bonds. The van der Waals surface area contributed by atoms with Crippen molar-refractivity contribution in [3.8, 4) is 18.1 Å². The lowest BCUT2D eigenvalue weighted by Crippen LogP contribution is -2.05. The zero-order valence-electron chi connectivity index (χ0n) is 19.2. The van der Waals surface area contributed by atoms with Crippen LogP contribution in [0.5, 0.6) is 5.75 Å². The molecule has 1 aromatic carbocycles. The van der Waals surface area contributed by atoms with Gasteiger partial charge < -0.3 is 14.9 Å². The molecule has 2 N–H and O–H groups in total. The average Bonchev–Trinajstić information content (AvgIpc) is 2.78. The van der Waals surface area contributed by atoms with Crippen molar-refractivity contribution in [1.82, 2.24) is 0 Å². The molecule has 5 heteroatoms. The van der Waals surface area contributed by atoms with Crippen molar-refractivity contribution in [3.63, 3.8) is 0 Å². The van der Waals surface area contributed by atoms with Crippen LogP contribution in [0.3, 0.4) is 0 Å². The first kappa shape index (κ1) is 26.9. The van der Waals surface area contributed by atoms with Gasteiger partial charge in [0.15, 0.2) is 0 Å². The van der Waals surface area contributed by atoms with E-state index in [0.29, 0.717) is 31.0 Å². The van der Waals surface area contributed by atoms with Crippen molar-refractivity contribution in [2.75, 3.05) is 32.9 Å². The number of ether oxygens (including phenoxy) is 1. The van der Waals surface area contributed by atoms with Gasteiger partial charge in [0.2, 0.25) is 0 Å². The van der Waals surface area contributed by atoms with Gasteiger partial charge in [-0.1, -0.05) is 70.6 Å². The molecule has 0 aliphatic heterocycles. The molecular weight excluding hydrogens is 388 g/mol. The second kappa shape index (κ2) is 18.6. The number of unbranched alkanes of at least 4 members (excludes halogenated alkanes) is 9. The maximum atomic E-state index is 9.01. The van der Waals surface area contributed by atoms with Crippen LogP contribution >= 0.6 is 0 Å². The molecule has 0 heterocycles. The van der Waals surface area contributed by atoms with Crippen LogP contribution in [0.4, 0.5) is 0 Å². The van der Waals surface area contributed by atoms with Crippen molar-refractivity contribution in [3.05, 3.63) is 28.8 Å². The Morgan fingerprint density at radius 1 is 0.839 bits per heavy atom. The molecule has 0 spiro atoms. The Balaban J connectivity index is 2.61. The number of rotatable bonds is 18. The van der Waals surface area contributed by atoms with E-state index in [9.17, 15) is 0 Å². The van der Waals surface area contributed by atoms with Crippen molar-refractivity contribution >= 4 is 12.4 Å². The number of hydrogen-bond donors (Lipinski definition) is 2. The summed E-state index contributed by atoms with van der Waals surface area (Å²) in [5.74, 6) is 3.34. The van der Waals surface area contributed by atoms with E-state index in [1.54, 1.807) is 12.4 Å². The Bertz CT molecular complexity index is 655. The topological polar surface area (TPSA) is 74.4 Å². The minimum atomic E-state index is -0.00899. The quantitative estimate of drug-likeness (QED) is 0.201. The van der Waals surface area contributed by atoms with Crippen LogP contribution in [-0.2, 0) is 0 Å². The third kappa shape index (κ3) is 12.3. The van der Waals surface area contributed by atoms with Gasteiger partial charge >= 0.3 is 0 Å². The summed E-state index contributed by atoms with van der Waals surface area (Å²) < 4.78 is 6.13. The standard InChI is InChI=1S/C26H40N2O3/c1-3-5-6-7-8-9-10-11-12-13-18-31-26-24(21-27-14-16-29)19-23(4-2)20-25(26)22-28-15-17-30/h2,19-22,29-30H,3,5-18H2,1H3. The Labute approximate surface area is 188 Å². The van der Waals surface area contributed by atoms with Crippen LogP contribution in [0.1, 0.15) is 87.8 Å². The van der Waals surface area contributed by atoms with Crippen LogP contribution in [0.2, 0.25) is 0 Å². The third-order valence-electron chi connectivity index (χ3n) is 4.98. The fraction of sp³-hybridized carbons (Fsp3) is 0.615. The molecule has 0 unspecified atom stereocenters. The van der Waals surface area contributed by atoms with E-state index in [0.717, 1.165) is 24.0 Å². The first-order valence-corrected chi connectivity index (χ1v) is 11.8. The molecule has 5 nitrogen and oxygen atoms in total. The predicted molar refractivity (Wildman–Crippen MR) is 131 cm³/mol. The first-order chi connectivity index (χ1) is 15.3. The molecular formula is C26H40N2O3. The largest absolute Gasteiger partial charge is 0.492 e. The van der Waals surface area contributed by atoms with Crippen molar-refractivity contribution in [2.45, 2.75) is 71.1 Å². The second-order valence-corrected chi connectivity index (χ2v) is 7.68. The highest BCUT2D eigenvalue weighted by atomic mass is 16.5. The highest BCUT2D eigenvalue weighted by Crippen LogP contribution is 2.24. The molecule has 1 aromatic rings. The molecule has 0 aliphatic rings. The highest BCUT2D eigenvalue weighted by molar-refractivity contribution is 5.93. The van der Waals surface area contributed by atoms with Crippen LogP contribution in [0, 0.1) is 12.3 Å². The van der Waals surface area contributed by atoms with Gasteiger partial charge in [0.1, 0.15) is 5.75 Å². The molecule has 0 atom stereocenters. The van der Waals surface area contributed by atoms with Crippen molar-refractivity contribution in [1.29, 1.82) is 0 Å². The molecule has 0 fully saturated rings. The van der Waals surface area contributed by atoms with E-state index in [4.69, 9.17) is 21.4 Å². The zero-order chi connectivity index (χ0) is 22.6. The molecule has 1 rings (SSSR count). The molecule has 0 radical (unpaired) electrons. The lowest BCUT2D eigenvalue weighted by molar-refractivity contribution is 0.302. The molecule has 172 valence electrons. The number of terminal acetylenes is 1. The number of aliphatic imine (C=N–C) groups is 2. The minimum Gasteiger partial charge on any atom is -0.492 e. The number of aliphatic hydroxyl groups is 2. The highest BCUT2D eigenvalue weighted by Gasteiger charge is 2.10. The van der Waals surface area contributed by atoms with Crippen LogP contribution in [0.25, 0.3) is 0 Å². The van der Waals surface area contributed by atoms with Gasteiger partial charge in [0, 0.05) is 29.1 Å². The van der Waals surface area contributed by atoms with Gasteiger partial charge in [0.25, 0.3) is 0 Å². The molecule has 0 saturated carbocycles. The Kier molecular flexibility index (Phi) is 16.1. The monoisotopic (exact) mass is 428 g/mol. The van der Waals surface area contributed by atoms with Gasteiger partial charge in [-0.2, -0.15) is 0 Å². The van der Waals surface area contributed by atoms with E-state index in [1.165, 1.54) is 51.4 Å². The number of benzene rings is 1. The zero-order valence-corrected chi connectivity index (χ0v) is 19.2.